The summed E-state index contributed by atoms with van der Waals surface area (Å²) in [7, 11) is 0. The predicted molar refractivity (Wildman–Crippen MR) is 74.4 cm³/mol. The molecule has 0 aliphatic rings. The van der Waals surface area contributed by atoms with Crippen molar-refractivity contribution in [1.82, 2.24) is 5.32 Å². The van der Waals surface area contributed by atoms with Gasteiger partial charge in [0, 0.05) is 22.6 Å². The van der Waals surface area contributed by atoms with Crippen LogP contribution in [0.3, 0.4) is 0 Å². The molecule has 0 atom stereocenters. The van der Waals surface area contributed by atoms with Crippen LogP contribution in [-0.2, 0) is 4.79 Å². The van der Waals surface area contributed by atoms with E-state index in [9.17, 15) is 4.79 Å². The average Bonchev–Trinajstić information content (AvgIpc) is 2.25. The van der Waals surface area contributed by atoms with Gasteiger partial charge in [0.05, 0.1) is 0 Å². The number of carbonyl (C=O) groups is 1. The standard InChI is InChI=1S/C14H21NOS/c1-11-5-7-12(8-6-11)17-10-9-15-13(16)14(2,3)4/h5-8H,9-10H2,1-4H3,(H,15,16). The van der Waals surface area contributed by atoms with E-state index in [1.807, 2.05) is 20.8 Å². The van der Waals surface area contributed by atoms with Gasteiger partial charge < -0.3 is 5.32 Å². The Labute approximate surface area is 108 Å². The highest BCUT2D eigenvalue weighted by Gasteiger charge is 2.20. The van der Waals surface area contributed by atoms with E-state index in [4.69, 9.17) is 0 Å². The van der Waals surface area contributed by atoms with E-state index in [0.29, 0.717) is 6.54 Å². The summed E-state index contributed by atoms with van der Waals surface area (Å²) in [4.78, 5) is 12.9. The fraction of sp³-hybridized carbons (Fsp3) is 0.500. The van der Waals surface area contributed by atoms with Gasteiger partial charge in [0.25, 0.3) is 0 Å². The molecule has 1 N–H and O–H groups in total. The molecule has 0 fully saturated rings. The Balaban J connectivity index is 2.25. The summed E-state index contributed by atoms with van der Waals surface area (Å²) >= 11 is 1.77. The van der Waals surface area contributed by atoms with Gasteiger partial charge in [-0.25, -0.2) is 0 Å². The second-order valence-corrected chi connectivity index (χ2v) is 6.34. The fourth-order valence-corrected chi connectivity index (χ4v) is 2.00. The normalized spacial score (nSPS) is 11.3. The Bertz CT molecular complexity index is 365. The number of rotatable bonds is 4. The summed E-state index contributed by atoms with van der Waals surface area (Å²) in [6.07, 6.45) is 0. The summed E-state index contributed by atoms with van der Waals surface area (Å²) < 4.78 is 0. The van der Waals surface area contributed by atoms with Crippen LogP contribution in [-0.4, -0.2) is 18.2 Å². The van der Waals surface area contributed by atoms with Crippen molar-refractivity contribution in [3.05, 3.63) is 29.8 Å². The fourth-order valence-electron chi connectivity index (χ4n) is 1.23. The van der Waals surface area contributed by atoms with E-state index in [-0.39, 0.29) is 11.3 Å². The first-order valence-electron chi connectivity index (χ1n) is 5.87. The molecule has 17 heavy (non-hydrogen) atoms. The van der Waals surface area contributed by atoms with Gasteiger partial charge in [0.1, 0.15) is 0 Å². The quantitative estimate of drug-likeness (QED) is 0.657. The lowest BCUT2D eigenvalue weighted by atomic mass is 9.96. The van der Waals surface area contributed by atoms with Gasteiger partial charge in [-0.15, -0.1) is 11.8 Å². The zero-order valence-electron chi connectivity index (χ0n) is 11.0. The minimum atomic E-state index is -0.297. The van der Waals surface area contributed by atoms with Crippen molar-refractivity contribution in [2.45, 2.75) is 32.6 Å². The van der Waals surface area contributed by atoms with Crippen LogP contribution in [0.25, 0.3) is 0 Å². The molecular formula is C14H21NOS. The minimum Gasteiger partial charge on any atom is -0.355 e. The highest BCUT2D eigenvalue weighted by atomic mass is 32.2. The maximum absolute atomic E-state index is 11.6. The summed E-state index contributed by atoms with van der Waals surface area (Å²) in [6.45, 7) is 8.58. The molecule has 1 amide bonds. The van der Waals surface area contributed by atoms with Gasteiger partial charge in [-0.1, -0.05) is 38.5 Å². The van der Waals surface area contributed by atoms with E-state index in [1.54, 1.807) is 11.8 Å². The highest BCUT2D eigenvalue weighted by Crippen LogP contribution is 2.18. The smallest absolute Gasteiger partial charge is 0.225 e. The van der Waals surface area contributed by atoms with Crippen LogP contribution in [0, 0.1) is 12.3 Å². The second-order valence-electron chi connectivity index (χ2n) is 5.17. The monoisotopic (exact) mass is 251 g/mol. The molecular weight excluding hydrogens is 230 g/mol. The zero-order valence-corrected chi connectivity index (χ0v) is 11.9. The van der Waals surface area contributed by atoms with Crippen LogP contribution in [0.15, 0.2) is 29.2 Å². The van der Waals surface area contributed by atoms with Gasteiger partial charge in [-0.3, -0.25) is 4.79 Å². The van der Waals surface area contributed by atoms with Crippen molar-refractivity contribution in [2.24, 2.45) is 5.41 Å². The summed E-state index contributed by atoms with van der Waals surface area (Å²) in [5, 5.41) is 2.94. The molecule has 0 unspecified atom stereocenters. The Hall–Kier alpha value is -0.960. The number of amides is 1. The number of nitrogens with one attached hydrogen (secondary N) is 1. The third-order valence-electron chi connectivity index (χ3n) is 2.36. The Morgan fingerprint density at radius 3 is 2.35 bits per heavy atom. The van der Waals surface area contributed by atoms with E-state index < -0.39 is 0 Å². The molecule has 0 heterocycles. The maximum Gasteiger partial charge on any atom is 0.225 e. The molecule has 0 aliphatic carbocycles. The first kappa shape index (κ1) is 14.1. The maximum atomic E-state index is 11.6. The molecule has 0 radical (unpaired) electrons. The number of carbonyl (C=O) groups excluding carboxylic acids is 1. The van der Waals surface area contributed by atoms with E-state index >= 15 is 0 Å². The van der Waals surface area contributed by atoms with Crippen LogP contribution < -0.4 is 5.32 Å². The summed E-state index contributed by atoms with van der Waals surface area (Å²) in [6, 6.07) is 8.45. The molecule has 1 aromatic rings. The molecule has 0 aromatic heterocycles. The molecule has 2 nitrogen and oxygen atoms in total. The number of hydrogen-bond donors (Lipinski definition) is 1. The van der Waals surface area contributed by atoms with Crippen LogP contribution in [0.1, 0.15) is 26.3 Å². The SMILES string of the molecule is Cc1ccc(SCCNC(=O)C(C)(C)C)cc1. The first-order chi connectivity index (χ1) is 7.89. The molecule has 1 aromatic carbocycles. The van der Waals surface area contributed by atoms with Gasteiger partial charge in [0.15, 0.2) is 0 Å². The first-order valence-corrected chi connectivity index (χ1v) is 6.86. The van der Waals surface area contributed by atoms with Crippen LogP contribution >= 0.6 is 11.8 Å². The second kappa shape index (κ2) is 6.10. The Morgan fingerprint density at radius 1 is 1.24 bits per heavy atom. The van der Waals surface area contributed by atoms with Crippen LogP contribution in [0.2, 0.25) is 0 Å². The predicted octanol–water partition coefficient (Wildman–Crippen LogP) is 3.25. The van der Waals surface area contributed by atoms with E-state index in [0.717, 1.165) is 5.75 Å². The number of thioether (sulfide) groups is 1. The highest BCUT2D eigenvalue weighted by molar-refractivity contribution is 7.99. The van der Waals surface area contributed by atoms with Crippen LogP contribution in [0.4, 0.5) is 0 Å². The molecule has 0 saturated carbocycles. The number of benzene rings is 1. The molecule has 1 rings (SSSR count). The van der Waals surface area contributed by atoms with Crippen molar-refractivity contribution in [2.75, 3.05) is 12.3 Å². The van der Waals surface area contributed by atoms with Gasteiger partial charge in [-0.05, 0) is 19.1 Å². The molecule has 94 valence electrons. The molecule has 0 spiro atoms. The topological polar surface area (TPSA) is 29.1 Å². The van der Waals surface area contributed by atoms with Crippen molar-refractivity contribution in [3.63, 3.8) is 0 Å². The number of aryl methyl sites for hydroxylation is 1. The van der Waals surface area contributed by atoms with E-state index in [2.05, 4.69) is 36.5 Å². The Kier molecular flexibility index (Phi) is 5.06. The molecule has 0 saturated heterocycles. The van der Waals surface area contributed by atoms with Crippen molar-refractivity contribution in [3.8, 4) is 0 Å². The lowest BCUT2D eigenvalue weighted by Gasteiger charge is -2.17. The summed E-state index contributed by atoms with van der Waals surface area (Å²) in [5.41, 5.74) is 0.976. The third kappa shape index (κ3) is 5.26. The molecule has 3 heteroatoms. The van der Waals surface area contributed by atoms with Crippen LogP contribution in [0.5, 0.6) is 0 Å². The third-order valence-corrected chi connectivity index (χ3v) is 3.37. The lowest BCUT2D eigenvalue weighted by molar-refractivity contribution is -0.128. The van der Waals surface area contributed by atoms with Crippen molar-refractivity contribution < 1.29 is 4.79 Å². The summed E-state index contributed by atoms with van der Waals surface area (Å²) in [5.74, 6) is 1.02. The minimum absolute atomic E-state index is 0.113. The van der Waals surface area contributed by atoms with Crippen molar-refractivity contribution in [1.29, 1.82) is 0 Å². The molecule has 0 bridgehead atoms. The van der Waals surface area contributed by atoms with E-state index in [1.165, 1.54) is 10.5 Å². The van der Waals surface area contributed by atoms with Gasteiger partial charge in [0.2, 0.25) is 5.91 Å². The van der Waals surface area contributed by atoms with Crippen molar-refractivity contribution >= 4 is 17.7 Å². The lowest BCUT2D eigenvalue weighted by Crippen LogP contribution is -2.35. The zero-order chi connectivity index (χ0) is 12.9. The largest absolute Gasteiger partial charge is 0.355 e. The Morgan fingerprint density at radius 2 is 1.82 bits per heavy atom. The molecule has 0 aliphatic heterocycles. The average molecular weight is 251 g/mol. The number of hydrogen-bond acceptors (Lipinski definition) is 2. The van der Waals surface area contributed by atoms with Gasteiger partial charge >= 0.3 is 0 Å². The van der Waals surface area contributed by atoms with Gasteiger partial charge in [-0.2, -0.15) is 0 Å².